The van der Waals surface area contributed by atoms with Gasteiger partial charge in [-0.15, -0.1) is 0 Å². The summed E-state index contributed by atoms with van der Waals surface area (Å²) in [7, 11) is 0. The number of halogens is 2. The maximum absolute atomic E-state index is 14.0. The van der Waals surface area contributed by atoms with Gasteiger partial charge < -0.3 is 15.0 Å². The van der Waals surface area contributed by atoms with Gasteiger partial charge in [0.25, 0.3) is 0 Å². The van der Waals surface area contributed by atoms with Gasteiger partial charge in [0.1, 0.15) is 16.5 Å². The zero-order chi connectivity index (χ0) is 21.7. The van der Waals surface area contributed by atoms with Crippen LogP contribution in [0.2, 0.25) is 0 Å². The van der Waals surface area contributed by atoms with Crippen molar-refractivity contribution in [1.82, 2.24) is 4.98 Å². The molecule has 0 aliphatic rings. The van der Waals surface area contributed by atoms with Gasteiger partial charge in [0.05, 0.1) is 18.0 Å². The number of nitrogens with zero attached hydrogens (tertiary/aromatic N) is 2. The first-order chi connectivity index (χ1) is 14.5. The van der Waals surface area contributed by atoms with E-state index in [4.69, 9.17) is 4.74 Å². The number of ether oxygens (including phenoxy) is 1. The summed E-state index contributed by atoms with van der Waals surface area (Å²) in [6.07, 6.45) is 0. The Balaban J connectivity index is 1.97. The van der Waals surface area contributed by atoms with Gasteiger partial charge >= 0.3 is 5.97 Å². The molecule has 3 rings (SSSR count). The molecule has 0 unspecified atom stereocenters. The Labute approximate surface area is 178 Å². The summed E-state index contributed by atoms with van der Waals surface area (Å²) in [4.78, 5) is 19.5. The molecule has 3 aromatic rings. The normalized spacial score (nSPS) is 10.7. The Morgan fingerprint density at radius 1 is 1.10 bits per heavy atom. The third kappa shape index (κ3) is 4.76. The second-order valence-electron chi connectivity index (χ2n) is 6.39. The average Bonchev–Trinajstić information content (AvgIpc) is 3.16. The number of hydrogen-bond acceptors (Lipinski definition) is 6. The van der Waals surface area contributed by atoms with E-state index in [1.54, 1.807) is 6.92 Å². The fraction of sp³-hybridized carbons (Fsp3) is 0.273. The summed E-state index contributed by atoms with van der Waals surface area (Å²) in [5, 5.41) is 3.14. The predicted molar refractivity (Wildman–Crippen MR) is 117 cm³/mol. The Morgan fingerprint density at radius 3 is 2.40 bits per heavy atom. The first-order valence-corrected chi connectivity index (χ1v) is 10.5. The number of anilines is 3. The minimum Gasteiger partial charge on any atom is -0.462 e. The highest BCUT2D eigenvalue weighted by Gasteiger charge is 2.21. The smallest absolute Gasteiger partial charge is 0.350 e. The molecular weight excluding hydrogens is 408 g/mol. The molecule has 0 aliphatic heterocycles. The molecule has 1 heterocycles. The van der Waals surface area contributed by atoms with Crippen LogP contribution in [0.5, 0.6) is 0 Å². The largest absolute Gasteiger partial charge is 0.462 e. The molecule has 0 spiro atoms. The van der Waals surface area contributed by atoms with Crippen LogP contribution in [0.4, 0.5) is 25.3 Å². The van der Waals surface area contributed by atoms with Crippen LogP contribution >= 0.6 is 11.3 Å². The number of rotatable bonds is 8. The second kappa shape index (κ2) is 9.67. The van der Waals surface area contributed by atoms with E-state index in [0.717, 1.165) is 47.8 Å². The van der Waals surface area contributed by atoms with Crippen LogP contribution < -0.4 is 10.2 Å². The van der Waals surface area contributed by atoms with E-state index in [1.807, 2.05) is 24.3 Å². The maximum atomic E-state index is 14.0. The van der Waals surface area contributed by atoms with Crippen molar-refractivity contribution in [3.63, 3.8) is 0 Å². The fourth-order valence-electron chi connectivity index (χ4n) is 3.03. The highest BCUT2D eigenvalue weighted by atomic mass is 32.1. The molecule has 0 bridgehead atoms. The molecule has 0 atom stereocenters. The summed E-state index contributed by atoms with van der Waals surface area (Å²) < 4.78 is 32.3. The van der Waals surface area contributed by atoms with E-state index in [1.165, 1.54) is 6.07 Å². The monoisotopic (exact) mass is 431 g/mol. The molecule has 1 aromatic heterocycles. The average molecular weight is 432 g/mol. The van der Waals surface area contributed by atoms with E-state index in [0.29, 0.717) is 15.7 Å². The predicted octanol–water partition coefficient (Wildman–Crippen LogP) is 5.85. The van der Waals surface area contributed by atoms with Gasteiger partial charge in [-0.05, 0) is 45.0 Å². The van der Waals surface area contributed by atoms with Crippen molar-refractivity contribution in [2.75, 3.05) is 29.9 Å². The number of carbonyl (C=O) groups excluding carboxylic acids is 1. The molecule has 1 N–H and O–H groups in total. The zero-order valence-electron chi connectivity index (χ0n) is 17.0. The SMILES string of the molecule is CCOC(=O)c1sc(Nc2ccc(F)cc2F)nc1-c1ccc(N(CC)CC)cc1. The molecular formula is C22H23F2N3O2S. The van der Waals surface area contributed by atoms with Crippen molar-refractivity contribution in [2.24, 2.45) is 0 Å². The summed E-state index contributed by atoms with van der Waals surface area (Å²) >= 11 is 1.06. The van der Waals surface area contributed by atoms with Gasteiger partial charge in [-0.25, -0.2) is 18.6 Å². The number of thiazole rings is 1. The molecule has 0 fully saturated rings. The summed E-state index contributed by atoms with van der Waals surface area (Å²) in [6.45, 7) is 7.90. The lowest BCUT2D eigenvalue weighted by Gasteiger charge is -2.21. The first kappa shape index (κ1) is 21.7. The first-order valence-electron chi connectivity index (χ1n) is 9.72. The van der Waals surface area contributed by atoms with Crippen molar-refractivity contribution in [2.45, 2.75) is 20.8 Å². The number of esters is 1. The molecule has 5 nitrogen and oxygen atoms in total. The lowest BCUT2D eigenvalue weighted by Crippen LogP contribution is -2.21. The fourth-order valence-corrected chi connectivity index (χ4v) is 3.92. The van der Waals surface area contributed by atoms with Crippen LogP contribution in [0.15, 0.2) is 42.5 Å². The van der Waals surface area contributed by atoms with Crippen molar-refractivity contribution in [1.29, 1.82) is 0 Å². The van der Waals surface area contributed by atoms with E-state index in [2.05, 4.69) is 29.0 Å². The highest BCUT2D eigenvalue weighted by Crippen LogP contribution is 2.34. The van der Waals surface area contributed by atoms with Crippen LogP contribution in [-0.2, 0) is 4.74 Å². The summed E-state index contributed by atoms with van der Waals surface area (Å²) in [6, 6.07) is 11.0. The molecule has 30 heavy (non-hydrogen) atoms. The molecule has 0 saturated heterocycles. The van der Waals surface area contributed by atoms with Gasteiger partial charge in [-0.2, -0.15) is 0 Å². The van der Waals surface area contributed by atoms with Crippen molar-refractivity contribution < 1.29 is 18.3 Å². The van der Waals surface area contributed by atoms with E-state index < -0.39 is 17.6 Å². The van der Waals surface area contributed by atoms with Gasteiger partial charge in [0.15, 0.2) is 5.13 Å². The molecule has 0 amide bonds. The third-order valence-electron chi connectivity index (χ3n) is 4.53. The summed E-state index contributed by atoms with van der Waals surface area (Å²) in [5.74, 6) is -1.91. The molecule has 8 heteroatoms. The van der Waals surface area contributed by atoms with Gasteiger partial charge in [0, 0.05) is 30.4 Å². The molecule has 0 aliphatic carbocycles. The number of benzene rings is 2. The van der Waals surface area contributed by atoms with Crippen LogP contribution in [-0.4, -0.2) is 30.6 Å². The molecule has 0 saturated carbocycles. The topological polar surface area (TPSA) is 54.5 Å². The van der Waals surface area contributed by atoms with Gasteiger partial charge in [-0.1, -0.05) is 23.5 Å². The van der Waals surface area contributed by atoms with Crippen LogP contribution in [0.25, 0.3) is 11.3 Å². The Bertz CT molecular complexity index is 1020. The maximum Gasteiger partial charge on any atom is 0.350 e. The number of carbonyl (C=O) groups is 1. The number of aromatic nitrogens is 1. The van der Waals surface area contributed by atoms with E-state index in [9.17, 15) is 13.6 Å². The number of hydrogen-bond donors (Lipinski definition) is 1. The standard InChI is InChI=1S/C22H23F2N3O2S/c1-4-27(5-2)16-10-7-14(8-11-16)19-20(21(28)29-6-3)30-22(26-19)25-18-12-9-15(23)13-17(18)24/h7-13H,4-6H2,1-3H3,(H,25,26). The third-order valence-corrected chi connectivity index (χ3v) is 5.48. The Kier molecular flexibility index (Phi) is 6.99. The van der Waals surface area contributed by atoms with Gasteiger partial charge in [0.2, 0.25) is 0 Å². The van der Waals surface area contributed by atoms with Crippen molar-refractivity contribution in [3.05, 3.63) is 59.0 Å². The minimum absolute atomic E-state index is 0.0731. The molecule has 0 radical (unpaired) electrons. The summed E-state index contributed by atoms with van der Waals surface area (Å²) in [5.41, 5.74) is 2.35. The Hall–Kier alpha value is -3.00. The lowest BCUT2D eigenvalue weighted by atomic mass is 10.1. The molecule has 2 aromatic carbocycles. The van der Waals surface area contributed by atoms with Crippen LogP contribution in [0, 0.1) is 11.6 Å². The van der Waals surface area contributed by atoms with E-state index in [-0.39, 0.29) is 12.3 Å². The Morgan fingerprint density at radius 2 is 1.80 bits per heavy atom. The van der Waals surface area contributed by atoms with Crippen LogP contribution in [0.3, 0.4) is 0 Å². The second-order valence-corrected chi connectivity index (χ2v) is 7.38. The van der Waals surface area contributed by atoms with Crippen molar-refractivity contribution >= 4 is 33.8 Å². The van der Waals surface area contributed by atoms with Crippen molar-refractivity contribution in [3.8, 4) is 11.3 Å². The quantitative estimate of drug-likeness (QED) is 0.453. The van der Waals surface area contributed by atoms with Gasteiger partial charge in [-0.3, -0.25) is 0 Å². The van der Waals surface area contributed by atoms with E-state index >= 15 is 0 Å². The highest BCUT2D eigenvalue weighted by molar-refractivity contribution is 7.18. The minimum atomic E-state index is -0.743. The lowest BCUT2D eigenvalue weighted by molar-refractivity contribution is 0.0532. The molecule has 158 valence electrons. The number of nitrogens with one attached hydrogen (secondary N) is 1. The zero-order valence-corrected chi connectivity index (χ0v) is 17.9. The van der Waals surface area contributed by atoms with Crippen LogP contribution in [0.1, 0.15) is 30.4 Å².